The Kier molecular flexibility index (Phi) is 9.15. The van der Waals surface area contributed by atoms with Crippen LogP contribution in [0.4, 0.5) is 51.1 Å². The summed E-state index contributed by atoms with van der Waals surface area (Å²) < 4.78 is 125. The Morgan fingerprint density at radius 3 is 2.15 bits per heavy atom. The van der Waals surface area contributed by atoms with Gasteiger partial charge in [-0.25, -0.2) is 4.79 Å². The molecule has 5 rings (SSSR count). The third kappa shape index (κ3) is 7.53. The number of carbonyl (C=O) groups is 1. The second-order valence-electron chi connectivity index (χ2n) is 11.4. The molecule has 1 aliphatic rings. The van der Waals surface area contributed by atoms with Gasteiger partial charge in [0.2, 0.25) is 0 Å². The van der Waals surface area contributed by atoms with Crippen LogP contribution in [0, 0.1) is 6.92 Å². The topological polar surface area (TPSA) is 101 Å². The SMILES string of the molecule is Cc1cc2c(cc1C(F)(F)F)N(Cc1cncc(C(=O)O)c1)CCC[C@@H]2[NH+](Cc1cc(C(F)(F)F)cc(C(F)(F)F)c1)c1nnn(C)n1. The molecule has 18 heteroatoms. The Morgan fingerprint density at radius 2 is 1.58 bits per heavy atom. The molecule has 0 fully saturated rings. The maximum Gasteiger partial charge on any atom is 0.416 e. The van der Waals surface area contributed by atoms with Gasteiger partial charge in [0.05, 0.1) is 29.3 Å². The van der Waals surface area contributed by atoms with Crippen molar-refractivity contribution in [2.75, 3.05) is 11.4 Å². The summed E-state index contributed by atoms with van der Waals surface area (Å²) in [7, 11) is 1.40. The lowest BCUT2D eigenvalue weighted by molar-refractivity contribution is -0.886. The number of carboxylic acid groups (broad SMARTS) is 1. The number of benzene rings is 2. The van der Waals surface area contributed by atoms with Gasteiger partial charge in [0, 0.05) is 48.7 Å². The van der Waals surface area contributed by atoms with E-state index in [2.05, 4.69) is 20.4 Å². The van der Waals surface area contributed by atoms with Crippen LogP contribution in [0.1, 0.15) is 68.2 Å². The summed E-state index contributed by atoms with van der Waals surface area (Å²) in [5.41, 5.74) is -3.85. The van der Waals surface area contributed by atoms with Gasteiger partial charge >= 0.3 is 30.4 Å². The number of pyridine rings is 1. The number of rotatable bonds is 7. The van der Waals surface area contributed by atoms with Gasteiger partial charge < -0.3 is 10.0 Å². The fourth-order valence-corrected chi connectivity index (χ4v) is 5.89. The minimum atomic E-state index is -5.10. The van der Waals surface area contributed by atoms with E-state index in [4.69, 9.17) is 0 Å². The molecule has 0 spiro atoms. The lowest BCUT2D eigenvalue weighted by Gasteiger charge is -2.30. The molecular weight excluding hydrogens is 661 g/mol. The second-order valence-corrected chi connectivity index (χ2v) is 11.4. The molecule has 0 bridgehead atoms. The van der Waals surface area contributed by atoms with Crippen LogP contribution in [0.25, 0.3) is 0 Å². The van der Waals surface area contributed by atoms with Gasteiger partial charge in [-0.3, -0.25) is 9.88 Å². The van der Waals surface area contributed by atoms with E-state index in [0.29, 0.717) is 29.7 Å². The van der Waals surface area contributed by atoms with Crippen LogP contribution in [0.2, 0.25) is 0 Å². The summed E-state index contributed by atoms with van der Waals surface area (Å²) in [4.78, 5) is 18.3. The highest BCUT2D eigenvalue weighted by Crippen LogP contribution is 2.41. The number of aromatic nitrogens is 5. The standard InChI is InChI=1S/C30H26F9N7O2/c1-16-6-22-24(4-3-5-45(25(22)11-23(16)30(37,38)39)14-18-7-19(26(47)48)13-40-12-18)46(27-41-43-44(2)42-27)15-17-8-20(28(31,32)33)10-21(9-17)29(34,35)36/h6-13,24H,3-5,14-15H2,1-2H3,(H,47,48)/p+1/t24-/m0/s1. The van der Waals surface area contributed by atoms with Crippen molar-refractivity contribution in [3.8, 4) is 0 Å². The number of hydrogen-bond acceptors (Lipinski definition) is 6. The van der Waals surface area contributed by atoms with E-state index >= 15 is 0 Å². The Hall–Kier alpha value is -4.74. The van der Waals surface area contributed by atoms with E-state index in [-0.39, 0.29) is 58.8 Å². The fourth-order valence-electron chi connectivity index (χ4n) is 5.89. The van der Waals surface area contributed by atoms with Gasteiger partial charge in [0.15, 0.2) is 0 Å². The Bertz CT molecular complexity index is 1790. The maximum absolute atomic E-state index is 14.2. The largest absolute Gasteiger partial charge is 0.478 e. The number of alkyl halides is 9. The molecule has 3 heterocycles. The number of fused-ring (bicyclic) bond motifs is 1. The fraction of sp³-hybridized carbons (Fsp3) is 0.367. The van der Waals surface area contributed by atoms with Crippen LogP contribution in [0.5, 0.6) is 0 Å². The van der Waals surface area contributed by atoms with Gasteiger partial charge in [0.1, 0.15) is 12.6 Å². The van der Waals surface area contributed by atoms with E-state index in [0.717, 1.165) is 17.1 Å². The monoisotopic (exact) mass is 688 g/mol. The Balaban J connectivity index is 1.67. The van der Waals surface area contributed by atoms with E-state index in [1.165, 1.54) is 32.3 Å². The summed E-state index contributed by atoms with van der Waals surface area (Å²) in [5.74, 6) is -1.35. The Labute approximate surface area is 266 Å². The molecule has 48 heavy (non-hydrogen) atoms. The van der Waals surface area contributed by atoms with Crippen molar-refractivity contribution in [1.82, 2.24) is 25.2 Å². The van der Waals surface area contributed by atoms with E-state index in [9.17, 15) is 49.4 Å². The molecule has 4 aromatic rings. The quantitative estimate of drug-likeness (QED) is 0.233. The highest BCUT2D eigenvalue weighted by molar-refractivity contribution is 5.87. The average Bonchev–Trinajstić information content (AvgIpc) is 3.34. The number of quaternary nitrogens is 1. The van der Waals surface area contributed by atoms with E-state index < -0.39 is 53.8 Å². The molecular formula is C30H27F9N7O2+. The number of nitrogens with zero attached hydrogens (tertiary/aromatic N) is 6. The lowest BCUT2D eigenvalue weighted by atomic mass is 9.94. The van der Waals surface area contributed by atoms with Crippen LogP contribution in [-0.4, -0.2) is 42.8 Å². The highest BCUT2D eigenvalue weighted by atomic mass is 19.4. The molecule has 0 saturated carbocycles. The van der Waals surface area contributed by atoms with Crippen molar-refractivity contribution < 1.29 is 54.3 Å². The number of halogens is 9. The summed E-state index contributed by atoms with van der Waals surface area (Å²) in [6.45, 7) is 0.866. The van der Waals surface area contributed by atoms with E-state index in [1.54, 1.807) is 4.90 Å². The van der Waals surface area contributed by atoms with Gasteiger partial charge in [0.25, 0.3) is 0 Å². The highest BCUT2D eigenvalue weighted by Gasteiger charge is 2.41. The first kappa shape index (κ1) is 34.6. The molecule has 1 unspecified atom stereocenters. The predicted molar refractivity (Wildman–Crippen MR) is 150 cm³/mol. The number of nitrogens with one attached hydrogen (secondary N) is 1. The van der Waals surface area contributed by atoms with Gasteiger partial charge in [-0.05, 0) is 66.1 Å². The van der Waals surface area contributed by atoms with Gasteiger partial charge in [-0.15, -0.1) is 0 Å². The zero-order valence-corrected chi connectivity index (χ0v) is 25.2. The molecule has 0 amide bonds. The van der Waals surface area contributed by atoms with Crippen molar-refractivity contribution in [2.45, 2.75) is 57.4 Å². The van der Waals surface area contributed by atoms with Crippen molar-refractivity contribution >= 4 is 17.6 Å². The molecule has 0 aliphatic carbocycles. The summed E-state index contributed by atoms with van der Waals surface area (Å²) in [6, 6.07) is 3.93. The molecule has 2 aromatic heterocycles. The Morgan fingerprint density at radius 1 is 0.917 bits per heavy atom. The third-order valence-corrected chi connectivity index (χ3v) is 7.99. The average molecular weight is 689 g/mol. The summed E-state index contributed by atoms with van der Waals surface area (Å²) in [6.07, 6.45) is -12.0. The third-order valence-electron chi connectivity index (χ3n) is 7.99. The van der Waals surface area contributed by atoms with Crippen LogP contribution in [-0.2, 0) is 38.7 Å². The first-order valence-electron chi connectivity index (χ1n) is 14.3. The summed E-state index contributed by atoms with van der Waals surface area (Å²) >= 11 is 0. The van der Waals surface area contributed by atoms with E-state index in [1.807, 2.05) is 0 Å². The molecule has 2 N–H and O–H groups in total. The zero-order chi connectivity index (χ0) is 35.2. The van der Waals surface area contributed by atoms with Crippen LogP contribution in [0.15, 0.2) is 48.8 Å². The minimum absolute atomic E-state index is 0.0127. The normalized spacial score (nSPS) is 16.4. The first-order valence-corrected chi connectivity index (χ1v) is 14.3. The summed E-state index contributed by atoms with van der Waals surface area (Å²) in [5, 5.41) is 21.3. The van der Waals surface area contributed by atoms with Gasteiger partial charge in [-0.1, -0.05) is 10.2 Å². The molecule has 256 valence electrons. The number of aromatic carboxylic acids is 1. The number of carboxylic acids is 1. The molecule has 2 aromatic carbocycles. The lowest BCUT2D eigenvalue weighted by Crippen LogP contribution is -3.06. The molecule has 2 atom stereocenters. The van der Waals surface area contributed by atoms with Crippen molar-refractivity contribution in [3.05, 3.63) is 93.3 Å². The number of aryl methyl sites for hydroxylation is 2. The van der Waals surface area contributed by atoms with Crippen LogP contribution in [0.3, 0.4) is 0 Å². The minimum Gasteiger partial charge on any atom is -0.478 e. The molecule has 0 radical (unpaired) electrons. The molecule has 9 nitrogen and oxygen atoms in total. The second kappa shape index (κ2) is 12.7. The number of hydrogen-bond donors (Lipinski definition) is 2. The van der Waals surface area contributed by atoms with Crippen LogP contribution < -0.4 is 9.80 Å². The molecule has 1 aliphatic heterocycles. The van der Waals surface area contributed by atoms with Crippen molar-refractivity contribution in [2.24, 2.45) is 7.05 Å². The van der Waals surface area contributed by atoms with Crippen molar-refractivity contribution in [3.63, 3.8) is 0 Å². The zero-order valence-electron chi connectivity index (χ0n) is 25.2. The van der Waals surface area contributed by atoms with Crippen LogP contribution >= 0.6 is 0 Å². The van der Waals surface area contributed by atoms with Crippen molar-refractivity contribution in [1.29, 1.82) is 0 Å². The maximum atomic E-state index is 14.2. The first-order chi connectivity index (χ1) is 22.3. The predicted octanol–water partition coefficient (Wildman–Crippen LogP) is 5.93. The smallest absolute Gasteiger partial charge is 0.416 e. The van der Waals surface area contributed by atoms with Gasteiger partial charge in [-0.2, -0.15) is 44.3 Å². The number of tetrazole rings is 1. The molecule has 0 saturated heterocycles. The number of anilines is 1.